The number of ether oxygens (including phenoxy) is 1. The van der Waals surface area contributed by atoms with Crippen molar-refractivity contribution in [3.05, 3.63) is 77.9 Å². The van der Waals surface area contributed by atoms with E-state index in [0.717, 1.165) is 70.8 Å². The van der Waals surface area contributed by atoms with Gasteiger partial charge in [-0.2, -0.15) is 0 Å². The number of benzene rings is 2. The lowest BCUT2D eigenvalue weighted by molar-refractivity contribution is 0.122. The van der Waals surface area contributed by atoms with Crippen LogP contribution >= 0.6 is 11.3 Å². The molecule has 2 aromatic carbocycles. The maximum absolute atomic E-state index is 5.49. The van der Waals surface area contributed by atoms with Gasteiger partial charge in [0, 0.05) is 47.8 Å². The van der Waals surface area contributed by atoms with Crippen LogP contribution in [0.3, 0.4) is 0 Å². The summed E-state index contributed by atoms with van der Waals surface area (Å²) in [5, 5.41) is 9.42. The Kier molecular flexibility index (Phi) is 6.97. The van der Waals surface area contributed by atoms with Crippen LogP contribution in [0.15, 0.2) is 77.5 Å². The van der Waals surface area contributed by atoms with Gasteiger partial charge < -0.3 is 19.8 Å². The molecule has 9 nitrogen and oxygen atoms in total. The molecule has 1 saturated heterocycles. The quantitative estimate of drug-likeness (QED) is 0.212. The van der Waals surface area contributed by atoms with E-state index in [1.165, 1.54) is 0 Å². The predicted molar refractivity (Wildman–Crippen MR) is 152 cm³/mol. The van der Waals surface area contributed by atoms with Crippen molar-refractivity contribution in [2.75, 3.05) is 43.1 Å². The van der Waals surface area contributed by atoms with Crippen molar-refractivity contribution < 1.29 is 9.57 Å². The summed E-state index contributed by atoms with van der Waals surface area (Å²) < 4.78 is 7.57. The van der Waals surface area contributed by atoms with E-state index in [2.05, 4.69) is 43.0 Å². The Labute approximate surface area is 224 Å². The average Bonchev–Trinajstić information content (AvgIpc) is 3.56. The molecule has 0 unspecified atom stereocenters. The molecular formula is C28H27N7O2S. The molecule has 192 valence electrons. The summed E-state index contributed by atoms with van der Waals surface area (Å²) in [6.07, 6.45) is 5.51. The third-order valence-corrected chi connectivity index (χ3v) is 6.96. The first-order valence-electron chi connectivity index (χ1n) is 12.5. The van der Waals surface area contributed by atoms with Crippen LogP contribution in [0.5, 0.6) is 0 Å². The molecule has 0 saturated carbocycles. The van der Waals surface area contributed by atoms with Gasteiger partial charge in [0.15, 0.2) is 4.96 Å². The second kappa shape index (κ2) is 11.0. The van der Waals surface area contributed by atoms with E-state index in [-0.39, 0.29) is 0 Å². The van der Waals surface area contributed by atoms with Crippen LogP contribution in [0.2, 0.25) is 0 Å². The number of nitrogens with zero attached hydrogens (tertiary/aromatic N) is 6. The minimum absolute atomic E-state index is 0.523. The van der Waals surface area contributed by atoms with Crippen LogP contribution in [-0.4, -0.2) is 58.5 Å². The molecule has 3 aromatic heterocycles. The van der Waals surface area contributed by atoms with Crippen LogP contribution in [0.4, 0.5) is 17.3 Å². The van der Waals surface area contributed by atoms with Gasteiger partial charge in [-0.05, 0) is 42.8 Å². The molecular weight excluding hydrogens is 498 g/mol. The van der Waals surface area contributed by atoms with Crippen molar-refractivity contribution in [3.63, 3.8) is 0 Å². The van der Waals surface area contributed by atoms with E-state index in [0.29, 0.717) is 12.6 Å². The number of rotatable bonds is 8. The summed E-state index contributed by atoms with van der Waals surface area (Å²) in [6, 6.07) is 18.3. The number of nitrogens with one attached hydrogen (secondary N) is 1. The molecule has 10 heteroatoms. The highest BCUT2D eigenvalue weighted by atomic mass is 32.1. The van der Waals surface area contributed by atoms with E-state index >= 15 is 0 Å². The molecule has 0 atom stereocenters. The highest BCUT2D eigenvalue weighted by molar-refractivity contribution is 7.15. The Morgan fingerprint density at radius 3 is 2.89 bits per heavy atom. The Bertz CT molecular complexity index is 1570. The number of hydrogen-bond acceptors (Lipinski definition) is 9. The van der Waals surface area contributed by atoms with Crippen LogP contribution in [0.25, 0.3) is 27.6 Å². The number of thiazole rings is 1. The van der Waals surface area contributed by atoms with Gasteiger partial charge in [0.1, 0.15) is 12.3 Å². The molecule has 0 bridgehead atoms. The lowest BCUT2D eigenvalue weighted by Gasteiger charge is -2.29. The third-order valence-electron chi connectivity index (χ3n) is 6.20. The lowest BCUT2D eigenvalue weighted by atomic mass is 10.1. The first-order chi connectivity index (χ1) is 18.8. The van der Waals surface area contributed by atoms with Gasteiger partial charge in [-0.1, -0.05) is 29.4 Å². The smallest absolute Gasteiger partial charge is 0.227 e. The van der Waals surface area contributed by atoms with Crippen molar-refractivity contribution in [2.24, 2.45) is 5.16 Å². The fourth-order valence-electron chi connectivity index (χ4n) is 4.45. The van der Waals surface area contributed by atoms with Crippen LogP contribution in [0, 0.1) is 0 Å². The second-order valence-electron chi connectivity index (χ2n) is 8.68. The van der Waals surface area contributed by atoms with Crippen LogP contribution in [0.1, 0.15) is 12.5 Å². The number of anilines is 3. The number of aromatic nitrogens is 4. The summed E-state index contributed by atoms with van der Waals surface area (Å²) in [7, 11) is 0. The number of oxime groups is 1. The van der Waals surface area contributed by atoms with Gasteiger partial charge >= 0.3 is 0 Å². The van der Waals surface area contributed by atoms with E-state index in [1.807, 2.05) is 54.9 Å². The van der Waals surface area contributed by atoms with Gasteiger partial charge in [-0.15, -0.1) is 11.3 Å². The van der Waals surface area contributed by atoms with Crippen LogP contribution in [-0.2, 0) is 9.57 Å². The minimum atomic E-state index is 0.523. The Morgan fingerprint density at radius 2 is 2.00 bits per heavy atom. The van der Waals surface area contributed by atoms with Crippen molar-refractivity contribution in [1.82, 2.24) is 19.4 Å². The summed E-state index contributed by atoms with van der Waals surface area (Å²) in [6.45, 7) is 5.69. The van der Waals surface area contributed by atoms with Crippen molar-refractivity contribution in [1.29, 1.82) is 0 Å². The van der Waals surface area contributed by atoms with E-state index in [1.54, 1.807) is 23.7 Å². The van der Waals surface area contributed by atoms with Gasteiger partial charge in [0.05, 0.1) is 30.8 Å². The summed E-state index contributed by atoms with van der Waals surface area (Å²) in [4.78, 5) is 22.7. The number of morpholine rings is 1. The highest BCUT2D eigenvalue weighted by Crippen LogP contribution is 2.34. The Hall–Kier alpha value is -4.28. The molecule has 1 fully saturated rings. The van der Waals surface area contributed by atoms with Gasteiger partial charge in [-0.25, -0.2) is 15.0 Å². The van der Waals surface area contributed by atoms with Crippen molar-refractivity contribution in [2.45, 2.75) is 6.92 Å². The maximum Gasteiger partial charge on any atom is 0.227 e. The van der Waals surface area contributed by atoms with Gasteiger partial charge in [-0.3, -0.25) is 4.40 Å². The third kappa shape index (κ3) is 5.09. The molecule has 0 amide bonds. The fraction of sp³-hybridized carbons (Fsp3) is 0.214. The molecule has 1 N–H and O–H groups in total. The zero-order valence-electron chi connectivity index (χ0n) is 20.9. The molecule has 5 aromatic rings. The molecule has 38 heavy (non-hydrogen) atoms. The molecule has 0 aliphatic carbocycles. The fourth-order valence-corrected chi connectivity index (χ4v) is 5.17. The zero-order valence-corrected chi connectivity index (χ0v) is 21.8. The highest BCUT2D eigenvalue weighted by Gasteiger charge is 2.19. The number of imidazole rings is 1. The summed E-state index contributed by atoms with van der Waals surface area (Å²) in [5.74, 6) is 0.523. The molecule has 6 rings (SSSR count). The molecule has 1 aliphatic heterocycles. The molecule has 0 spiro atoms. The Morgan fingerprint density at radius 1 is 1.11 bits per heavy atom. The molecule has 0 radical (unpaired) electrons. The summed E-state index contributed by atoms with van der Waals surface area (Å²) >= 11 is 1.59. The van der Waals surface area contributed by atoms with Crippen molar-refractivity contribution in [3.8, 4) is 22.6 Å². The second-order valence-corrected chi connectivity index (χ2v) is 9.56. The molecule has 4 heterocycles. The van der Waals surface area contributed by atoms with E-state index in [9.17, 15) is 0 Å². The monoisotopic (exact) mass is 525 g/mol. The van der Waals surface area contributed by atoms with E-state index in [4.69, 9.17) is 19.5 Å². The zero-order chi connectivity index (χ0) is 25.7. The Balaban J connectivity index is 1.33. The van der Waals surface area contributed by atoms with Gasteiger partial charge in [0.2, 0.25) is 5.95 Å². The topological polar surface area (TPSA) is 89.2 Å². The minimum Gasteiger partial charge on any atom is -0.396 e. The first-order valence-corrected chi connectivity index (χ1v) is 13.4. The van der Waals surface area contributed by atoms with E-state index < -0.39 is 0 Å². The average molecular weight is 526 g/mol. The number of hydrogen-bond donors (Lipinski definition) is 1. The van der Waals surface area contributed by atoms with Crippen molar-refractivity contribution >= 4 is 39.8 Å². The van der Waals surface area contributed by atoms with Gasteiger partial charge in [0.25, 0.3) is 0 Å². The normalized spacial score (nSPS) is 13.9. The summed E-state index contributed by atoms with van der Waals surface area (Å²) in [5.41, 5.74) is 6.53. The predicted octanol–water partition coefficient (Wildman–Crippen LogP) is 5.47. The largest absolute Gasteiger partial charge is 0.396 e. The van der Waals surface area contributed by atoms with Crippen LogP contribution < -0.4 is 10.2 Å². The molecule has 1 aliphatic rings. The SMILES string of the molecule is CCON=Cc1cccc(-c2nc3sccn3c2-c2ccnc(Nc3cccc(N4CCOCC4)c3)n2)c1. The first kappa shape index (κ1) is 24.1. The standard InChI is InChI=1S/C28H27N7O2S/c1-2-37-30-19-20-5-3-6-21(17-20)25-26(35-13-16-38-28(35)33-25)24-9-10-29-27(32-24)31-22-7-4-8-23(18-22)34-11-14-36-15-12-34/h3-10,13,16-19H,2,11-12,14-15H2,1H3,(H,29,31,32). The maximum atomic E-state index is 5.49. The lowest BCUT2D eigenvalue weighted by Crippen LogP contribution is -2.36. The number of fused-ring (bicyclic) bond motifs is 1.